The topological polar surface area (TPSA) is 118 Å². The first-order chi connectivity index (χ1) is 14.4. The minimum absolute atomic E-state index is 0.0320. The molecule has 3 N–H and O–H groups in total. The molecule has 0 aliphatic carbocycles. The van der Waals surface area contributed by atoms with Crippen LogP contribution in [0, 0.1) is 0 Å². The van der Waals surface area contributed by atoms with Gasteiger partial charge in [0.2, 0.25) is 0 Å². The van der Waals surface area contributed by atoms with Crippen molar-refractivity contribution in [3.05, 3.63) is 70.1 Å². The van der Waals surface area contributed by atoms with Crippen molar-refractivity contribution >= 4 is 28.7 Å². The van der Waals surface area contributed by atoms with Crippen LogP contribution in [0.3, 0.4) is 0 Å². The maximum atomic E-state index is 12.3. The van der Waals surface area contributed by atoms with Gasteiger partial charge >= 0.3 is 17.6 Å². The number of amides is 2. The number of carbonyl (C=O) groups excluding carboxylic acids is 2. The number of benzene rings is 2. The predicted octanol–water partition coefficient (Wildman–Crippen LogP) is 3.31. The van der Waals surface area contributed by atoms with Crippen LogP contribution in [0.15, 0.2) is 57.7 Å². The third kappa shape index (κ3) is 4.96. The summed E-state index contributed by atoms with van der Waals surface area (Å²) in [7, 11) is 0. The third-order valence-corrected chi connectivity index (χ3v) is 4.51. The second-order valence-corrected chi connectivity index (χ2v) is 6.72. The molecule has 30 heavy (non-hydrogen) atoms. The average Bonchev–Trinajstić information content (AvgIpc) is 2.71. The van der Waals surface area contributed by atoms with Gasteiger partial charge in [0.1, 0.15) is 24.0 Å². The Morgan fingerprint density at radius 3 is 2.57 bits per heavy atom. The number of hydrogen-bond acceptors (Lipinski definition) is 6. The molecule has 0 aliphatic heterocycles. The lowest BCUT2D eigenvalue weighted by molar-refractivity contribution is -0.146. The fraction of sp³-hybridized carbons (Fsp3) is 0.227. The Hall–Kier alpha value is -3.81. The zero-order chi connectivity index (χ0) is 21.7. The molecule has 1 aromatic heterocycles. The number of carbonyl (C=O) groups is 2. The lowest BCUT2D eigenvalue weighted by Gasteiger charge is -2.15. The summed E-state index contributed by atoms with van der Waals surface area (Å²) in [4.78, 5) is 36.1. The number of urea groups is 1. The van der Waals surface area contributed by atoms with E-state index < -0.39 is 23.7 Å². The molecule has 0 unspecified atom stereocenters. The summed E-state index contributed by atoms with van der Waals surface area (Å²) in [5.41, 5.74) is 1.30. The van der Waals surface area contributed by atoms with Gasteiger partial charge < -0.3 is 24.9 Å². The molecule has 0 fully saturated rings. The van der Waals surface area contributed by atoms with Crippen LogP contribution in [0.4, 0.5) is 10.5 Å². The third-order valence-electron chi connectivity index (χ3n) is 4.51. The smallest absolute Gasteiger partial charge is 0.336 e. The van der Waals surface area contributed by atoms with Crippen molar-refractivity contribution in [3.8, 4) is 5.75 Å². The van der Waals surface area contributed by atoms with E-state index in [-0.39, 0.29) is 17.9 Å². The van der Waals surface area contributed by atoms with Crippen molar-refractivity contribution < 1.29 is 23.8 Å². The summed E-state index contributed by atoms with van der Waals surface area (Å²) >= 11 is 0. The number of hydrogen-bond donors (Lipinski definition) is 3. The molecular formula is C22H22N2O6. The van der Waals surface area contributed by atoms with Gasteiger partial charge in [0.15, 0.2) is 0 Å². The van der Waals surface area contributed by atoms with Crippen LogP contribution in [-0.4, -0.2) is 23.1 Å². The van der Waals surface area contributed by atoms with E-state index in [0.29, 0.717) is 28.6 Å². The molecule has 3 rings (SSSR count). The molecule has 0 saturated carbocycles. The summed E-state index contributed by atoms with van der Waals surface area (Å²) in [6.45, 7) is 3.20. The summed E-state index contributed by atoms with van der Waals surface area (Å²) in [5.74, 6) is -0.626. The van der Waals surface area contributed by atoms with Crippen molar-refractivity contribution in [1.82, 2.24) is 5.32 Å². The number of fused-ring (bicyclic) bond motifs is 1. The summed E-state index contributed by atoms with van der Waals surface area (Å²) < 4.78 is 10.4. The Balaban J connectivity index is 1.67. The minimum atomic E-state index is -0.907. The van der Waals surface area contributed by atoms with Crippen LogP contribution in [-0.2, 0) is 22.6 Å². The van der Waals surface area contributed by atoms with Crippen LogP contribution in [0.5, 0.6) is 5.75 Å². The van der Waals surface area contributed by atoms with Crippen LogP contribution < -0.4 is 16.3 Å². The normalized spacial score (nSPS) is 11.7. The van der Waals surface area contributed by atoms with Crippen molar-refractivity contribution in [2.75, 3.05) is 5.32 Å². The molecule has 3 aromatic rings. The Bertz CT molecular complexity index is 1120. The average molecular weight is 410 g/mol. The maximum absolute atomic E-state index is 12.3. The van der Waals surface area contributed by atoms with Gasteiger partial charge in [-0.15, -0.1) is 0 Å². The number of ether oxygens (including phenoxy) is 1. The molecule has 156 valence electrons. The van der Waals surface area contributed by atoms with Gasteiger partial charge in [0, 0.05) is 28.8 Å². The highest BCUT2D eigenvalue weighted by Crippen LogP contribution is 2.27. The highest BCUT2D eigenvalue weighted by atomic mass is 16.5. The van der Waals surface area contributed by atoms with Crippen molar-refractivity contribution in [2.24, 2.45) is 0 Å². The fourth-order valence-electron chi connectivity index (χ4n) is 2.93. The van der Waals surface area contributed by atoms with E-state index in [1.165, 1.54) is 19.1 Å². The first-order valence-electron chi connectivity index (χ1n) is 9.45. The monoisotopic (exact) mass is 410 g/mol. The molecule has 1 atom stereocenters. The first-order valence-corrected chi connectivity index (χ1v) is 9.45. The first kappa shape index (κ1) is 20.9. The maximum Gasteiger partial charge on any atom is 0.336 e. The van der Waals surface area contributed by atoms with Gasteiger partial charge in [-0.25, -0.2) is 14.4 Å². The van der Waals surface area contributed by atoms with Crippen molar-refractivity contribution in [3.63, 3.8) is 0 Å². The fourth-order valence-corrected chi connectivity index (χ4v) is 2.93. The van der Waals surface area contributed by atoms with Crippen LogP contribution in [0.25, 0.3) is 11.0 Å². The highest BCUT2D eigenvalue weighted by molar-refractivity contribution is 5.92. The number of para-hydroxylation sites is 1. The van der Waals surface area contributed by atoms with E-state index in [4.69, 9.17) is 9.15 Å². The number of phenols is 1. The molecular weight excluding hydrogens is 388 g/mol. The van der Waals surface area contributed by atoms with Crippen LogP contribution in [0.1, 0.15) is 25.0 Å². The Kier molecular flexibility index (Phi) is 6.36. The van der Waals surface area contributed by atoms with E-state index in [1.807, 2.05) is 13.0 Å². The molecule has 0 bridgehead atoms. The summed E-state index contributed by atoms with van der Waals surface area (Å²) in [5, 5.41) is 15.7. The van der Waals surface area contributed by atoms with Gasteiger partial charge in [-0.2, -0.15) is 0 Å². The summed E-state index contributed by atoms with van der Waals surface area (Å²) in [6, 6.07) is 11.7. The zero-order valence-electron chi connectivity index (χ0n) is 16.6. The van der Waals surface area contributed by atoms with Gasteiger partial charge in [0.05, 0.1) is 0 Å². The van der Waals surface area contributed by atoms with Crippen LogP contribution in [0.2, 0.25) is 0 Å². The van der Waals surface area contributed by atoms with E-state index in [2.05, 4.69) is 10.6 Å². The predicted molar refractivity (Wildman–Crippen MR) is 111 cm³/mol. The molecule has 1 heterocycles. The van der Waals surface area contributed by atoms with Crippen molar-refractivity contribution in [1.29, 1.82) is 0 Å². The standard InChI is InChI=1S/C22H22N2O6/c1-3-14-9-17-15(10-20(26)30-19(17)11-18(14)25)12-29-21(27)13(2)23-22(28)24-16-7-5-4-6-8-16/h4-11,13,25H,3,12H2,1-2H3,(H2,23,24,28)/t13-/m0/s1. The molecule has 2 aromatic carbocycles. The zero-order valence-corrected chi connectivity index (χ0v) is 16.6. The quantitative estimate of drug-likeness (QED) is 0.424. The van der Waals surface area contributed by atoms with Gasteiger partial charge in [-0.1, -0.05) is 25.1 Å². The highest BCUT2D eigenvalue weighted by Gasteiger charge is 2.18. The van der Waals surface area contributed by atoms with E-state index >= 15 is 0 Å². The lowest BCUT2D eigenvalue weighted by atomic mass is 10.0. The van der Waals surface area contributed by atoms with Gasteiger partial charge in [0.25, 0.3) is 0 Å². The number of nitrogens with one attached hydrogen (secondary N) is 2. The Labute approximate surface area is 172 Å². The van der Waals surface area contributed by atoms with Crippen LogP contribution >= 0.6 is 0 Å². The molecule has 0 spiro atoms. The molecule has 2 amide bonds. The van der Waals surface area contributed by atoms with E-state index in [9.17, 15) is 19.5 Å². The number of rotatable bonds is 6. The van der Waals surface area contributed by atoms with Gasteiger partial charge in [-0.05, 0) is 37.1 Å². The molecule has 8 heteroatoms. The number of phenolic OH excluding ortho intramolecular Hbond substituents is 1. The SMILES string of the molecule is CCc1cc2c(COC(=O)[C@H](C)NC(=O)Nc3ccccc3)cc(=O)oc2cc1O. The molecule has 0 saturated heterocycles. The number of esters is 1. The van der Waals surface area contributed by atoms with Gasteiger partial charge in [-0.3, -0.25) is 0 Å². The van der Waals surface area contributed by atoms with E-state index in [1.54, 1.807) is 30.3 Å². The number of aromatic hydroxyl groups is 1. The second-order valence-electron chi connectivity index (χ2n) is 6.72. The number of aryl methyl sites for hydroxylation is 1. The molecule has 0 radical (unpaired) electrons. The lowest BCUT2D eigenvalue weighted by Crippen LogP contribution is -2.41. The number of anilines is 1. The molecule has 0 aliphatic rings. The second kappa shape index (κ2) is 9.13. The van der Waals surface area contributed by atoms with E-state index in [0.717, 1.165) is 0 Å². The largest absolute Gasteiger partial charge is 0.508 e. The minimum Gasteiger partial charge on any atom is -0.508 e. The van der Waals surface area contributed by atoms with Crippen molar-refractivity contribution in [2.45, 2.75) is 32.9 Å². The summed E-state index contributed by atoms with van der Waals surface area (Å²) in [6.07, 6.45) is 0.581. The Morgan fingerprint density at radius 1 is 1.13 bits per heavy atom. The molecule has 8 nitrogen and oxygen atoms in total. The Morgan fingerprint density at radius 2 is 1.87 bits per heavy atom.